The van der Waals surface area contributed by atoms with Crippen LogP contribution in [0.5, 0.6) is 5.75 Å². The first-order valence-corrected chi connectivity index (χ1v) is 6.33. The second-order valence-electron chi connectivity index (χ2n) is 4.74. The van der Waals surface area contributed by atoms with Crippen molar-refractivity contribution in [1.29, 1.82) is 0 Å². The molecule has 0 amide bonds. The van der Waals surface area contributed by atoms with Gasteiger partial charge in [-0.3, -0.25) is 0 Å². The van der Waals surface area contributed by atoms with Crippen LogP contribution in [-0.2, 0) is 0 Å². The van der Waals surface area contributed by atoms with Gasteiger partial charge in [-0.2, -0.15) is 0 Å². The number of para-hydroxylation sites is 1. The molecule has 1 aromatic rings. The Hall–Kier alpha value is -1.58. The highest BCUT2D eigenvalue weighted by Gasteiger charge is 2.19. The summed E-state index contributed by atoms with van der Waals surface area (Å²) in [6.45, 7) is 0.404. The molecule has 2 rings (SSSR count). The third-order valence-corrected chi connectivity index (χ3v) is 3.39. The van der Waals surface area contributed by atoms with Crippen molar-refractivity contribution < 1.29 is 19.0 Å². The fourth-order valence-corrected chi connectivity index (χ4v) is 2.38. The third kappa shape index (κ3) is 3.00. The highest BCUT2D eigenvalue weighted by Crippen LogP contribution is 2.27. The van der Waals surface area contributed by atoms with Gasteiger partial charge in [0, 0.05) is 0 Å². The molecule has 1 fully saturated rings. The highest BCUT2D eigenvalue weighted by molar-refractivity contribution is 5.90. The van der Waals surface area contributed by atoms with Crippen LogP contribution in [0.15, 0.2) is 18.2 Å². The minimum atomic E-state index is -1.16. The molecule has 0 atom stereocenters. The Bertz CT molecular complexity index is 425. The van der Waals surface area contributed by atoms with E-state index >= 15 is 0 Å². The van der Waals surface area contributed by atoms with Crippen molar-refractivity contribution in [2.24, 2.45) is 5.92 Å². The normalized spacial score (nSPS) is 16.5. The molecule has 1 aliphatic carbocycles. The Kier molecular flexibility index (Phi) is 4.18. The molecule has 1 N–H and O–H groups in total. The van der Waals surface area contributed by atoms with Crippen LogP contribution in [-0.4, -0.2) is 17.7 Å². The van der Waals surface area contributed by atoms with Gasteiger partial charge < -0.3 is 9.84 Å². The van der Waals surface area contributed by atoms with E-state index in [4.69, 9.17) is 9.84 Å². The largest absolute Gasteiger partial charge is 0.489 e. The minimum Gasteiger partial charge on any atom is -0.489 e. The summed E-state index contributed by atoms with van der Waals surface area (Å²) in [6.07, 6.45) is 5.76. The van der Waals surface area contributed by atoms with Gasteiger partial charge >= 0.3 is 5.97 Å². The average Bonchev–Trinajstić information content (AvgIpc) is 2.38. The number of carboxylic acid groups (broad SMARTS) is 1. The van der Waals surface area contributed by atoms with Crippen LogP contribution >= 0.6 is 0 Å². The SMILES string of the molecule is O=C(O)c1cccc(F)c1OCC1CCCCC1. The predicted molar refractivity (Wildman–Crippen MR) is 65.4 cm³/mol. The Labute approximate surface area is 106 Å². The smallest absolute Gasteiger partial charge is 0.339 e. The Morgan fingerprint density at radius 2 is 2.06 bits per heavy atom. The van der Waals surface area contributed by atoms with Gasteiger partial charge in [0.05, 0.1) is 6.61 Å². The lowest BCUT2D eigenvalue weighted by Gasteiger charge is -2.22. The quantitative estimate of drug-likeness (QED) is 0.892. The van der Waals surface area contributed by atoms with E-state index in [0.29, 0.717) is 12.5 Å². The zero-order chi connectivity index (χ0) is 13.0. The van der Waals surface area contributed by atoms with E-state index in [2.05, 4.69) is 0 Å². The molecule has 0 spiro atoms. The van der Waals surface area contributed by atoms with E-state index in [0.717, 1.165) is 12.8 Å². The van der Waals surface area contributed by atoms with Gasteiger partial charge in [0.1, 0.15) is 5.56 Å². The lowest BCUT2D eigenvalue weighted by atomic mass is 9.90. The molecular weight excluding hydrogens is 235 g/mol. The molecule has 0 unspecified atom stereocenters. The number of carbonyl (C=O) groups is 1. The fourth-order valence-electron chi connectivity index (χ4n) is 2.38. The summed E-state index contributed by atoms with van der Waals surface area (Å²) in [7, 11) is 0. The second-order valence-corrected chi connectivity index (χ2v) is 4.74. The first kappa shape index (κ1) is 12.9. The van der Waals surface area contributed by atoms with Crippen LogP contribution < -0.4 is 4.74 Å². The van der Waals surface area contributed by atoms with Crippen LogP contribution in [0.3, 0.4) is 0 Å². The summed E-state index contributed by atoms with van der Waals surface area (Å²) in [5.74, 6) is -1.48. The van der Waals surface area contributed by atoms with E-state index in [1.54, 1.807) is 0 Å². The Balaban J connectivity index is 2.05. The molecule has 0 saturated heterocycles. The van der Waals surface area contributed by atoms with Crippen LogP contribution in [0.2, 0.25) is 0 Å². The van der Waals surface area contributed by atoms with E-state index < -0.39 is 11.8 Å². The highest BCUT2D eigenvalue weighted by atomic mass is 19.1. The first-order valence-electron chi connectivity index (χ1n) is 6.33. The molecule has 1 aliphatic rings. The zero-order valence-electron chi connectivity index (χ0n) is 10.2. The number of rotatable bonds is 4. The van der Waals surface area contributed by atoms with Crippen molar-refractivity contribution in [2.45, 2.75) is 32.1 Å². The van der Waals surface area contributed by atoms with E-state index in [-0.39, 0.29) is 11.3 Å². The number of hydrogen-bond acceptors (Lipinski definition) is 2. The van der Waals surface area contributed by atoms with Gasteiger partial charge in [-0.1, -0.05) is 25.3 Å². The lowest BCUT2D eigenvalue weighted by Crippen LogP contribution is -2.17. The topological polar surface area (TPSA) is 46.5 Å². The van der Waals surface area contributed by atoms with Crippen molar-refractivity contribution in [1.82, 2.24) is 0 Å². The molecule has 0 aromatic heterocycles. The summed E-state index contributed by atoms with van der Waals surface area (Å²) in [5.41, 5.74) is -0.106. The van der Waals surface area contributed by atoms with Gasteiger partial charge in [0.15, 0.2) is 11.6 Å². The van der Waals surface area contributed by atoms with Crippen molar-refractivity contribution in [3.63, 3.8) is 0 Å². The molecule has 0 bridgehead atoms. The lowest BCUT2D eigenvalue weighted by molar-refractivity contribution is 0.0689. The van der Waals surface area contributed by atoms with Crippen molar-refractivity contribution in [3.05, 3.63) is 29.6 Å². The monoisotopic (exact) mass is 252 g/mol. The van der Waals surface area contributed by atoms with Crippen LogP contribution in [0, 0.1) is 11.7 Å². The molecule has 0 aliphatic heterocycles. The van der Waals surface area contributed by atoms with Gasteiger partial charge in [0.25, 0.3) is 0 Å². The summed E-state index contributed by atoms with van der Waals surface area (Å²) in [4.78, 5) is 11.0. The zero-order valence-corrected chi connectivity index (χ0v) is 10.2. The fraction of sp³-hybridized carbons (Fsp3) is 0.500. The Morgan fingerprint density at radius 3 is 2.72 bits per heavy atom. The summed E-state index contributed by atoms with van der Waals surface area (Å²) >= 11 is 0. The summed E-state index contributed by atoms with van der Waals surface area (Å²) < 4.78 is 19.0. The van der Waals surface area contributed by atoms with E-state index in [9.17, 15) is 9.18 Å². The minimum absolute atomic E-state index is 0.106. The van der Waals surface area contributed by atoms with Crippen molar-refractivity contribution in [2.75, 3.05) is 6.61 Å². The van der Waals surface area contributed by atoms with Crippen LogP contribution in [0.4, 0.5) is 4.39 Å². The maximum atomic E-state index is 13.6. The molecule has 4 heteroatoms. The molecule has 1 aromatic carbocycles. The molecule has 0 heterocycles. The van der Waals surface area contributed by atoms with Gasteiger partial charge in [-0.05, 0) is 30.9 Å². The van der Waals surface area contributed by atoms with Gasteiger partial charge in [0.2, 0.25) is 0 Å². The van der Waals surface area contributed by atoms with E-state index in [1.165, 1.54) is 37.5 Å². The Morgan fingerprint density at radius 1 is 1.33 bits per heavy atom. The molecule has 1 saturated carbocycles. The molecular formula is C14H17FO3. The molecule has 18 heavy (non-hydrogen) atoms. The maximum Gasteiger partial charge on any atom is 0.339 e. The average molecular weight is 252 g/mol. The molecule has 98 valence electrons. The van der Waals surface area contributed by atoms with E-state index in [1.807, 2.05) is 0 Å². The molecule has 0 radical (unpaired) electrons. The van der Waals surface area contributed by atoms with Crippen molar-refractivity contribution in [3.8, 4) is 5.75 Å². The number of benzene rings is 1. The second kappa shape index (κ2) is 5.85. The van der Waals surface area contributed by atoms with Gasteiger partial charge in [-0.15, -0.1) is 0 Å². The standard InChI is InChI=1S/C14H17FO3/c15-12-8-4-7-11(14(16)17)13(12)18-9-10-5-2-1-3-6-10/h4,7-8,10H,1-3,5-6,9H2,(H,16,17). The third-order valence-electron chi connectivity index (χ3n) is 3.39. The number of aromatic carboxylic acids is 1. The predicted octanol–water partition coefficient (Wildman–Crippen LogP) is 3.48. The number of halogens is 1. The van der Waals surface area contributed by atoms with Crippen LogP contribution in [0.25, 0.3) is 0 Å². The summed E-state index contributed by atoms with van der Waals surface area (Å²) in [6, 6.07) is 3.97. The van der Waals surface area contributed by atoms with Crippen LogP contribution in [0.1, 0.15) is 42.5 Å². The number of ether oxygens (including phenoxy) is 1. The maximum absolute atomic E-state index is 13.6. The first-order chi connectivity index (χ1) is 8.68. The molecule has 3 nitrogen and oxygen atoms in total. The number of hydrogen-bond donors (Lipinski definition) is 1. The van der Waals surface area contributed by atoms with Gasteiger partial charge in [-0.25, -0.2) is 9.18 Å². The number of carboxylic acids is 1. The summed E-state index contributed by atoms with van der Waals surface area (Å²) in [5, 5.41) is 8.98. The van der Waals surface area contributed by atoms with Crippen molar-refractivity contribution >= 4 is 5.97 Å².